The molecule has 0 aliphatic heterocycles. The maximum absolute atomic E-state index is 12.5. The van der Waals surface area contributed by atoms with Crippen molar-refractivity contribution < 1.29 is 4.79 Å². The van der Waals surface area contributed by atoms with Crippen LogP contribution in [-0.2, 0) is 19.5 Å². The van der Waals surface area contributed by atoms with Gasteiger partial charge in [0.1, 0.15) is 11.4 Å². The van der Waals surface area contributed by atoms with Crippen molar-refractivity contribution >= 4 is 11.6 Å². The Labute approximate surface area is 146 Å². The number of Topliss-reactive ketones (excluding diaryl/α,β-unsaturated/α-hetero) is 1. The van der Waals surface area contributed by atoms with E-state index in [1.165, 1.54) is 10.1 Å². The van der Waals surface area contributed by atoms with Crippen molar-refractivity contribution in [3.05, 3.63) is 61.8 Å². The third kappa shape index (κ3) is 4.24. The van der Waals surface area contributed by atoms with Crippen molar-refractivity contribution in [2.24, 2.45) is 0 Å². The van der Waals surface area contributed by atoms with E-state index >= 15 is 0 Å². The van der Waals surface area contributed by atoms with E-state index in [4.69, 9.17) is 5.73 Å². The number of aromatic amines is 1. The van der Waals surface area contributed by atoms with Crippen LogP contribution >= 0.6 is 0 Å². The molecule has 0 aliphatic rings. The summed E-state index contributed by atoms with van der Waals surface area (Å²) >= 11 is 0. The van der Waals surface area contributed by atoms with Crippen LogP contribution < -0.4 is 17.0 Å². The van der Waals surface area contributed by atoms with Gasteiger partial charge >= 0.3 is 5.69 Å². The summed E-state index contributed by atoms with van der Waals surface area (Å²) in [6.07, 6.45) is 0.976. The molecule has 7 nitrogen and oxygen atoms in total. The monoisotopic (exact) mass is 344 g/mol. The summed E-state index contributed by atoms with van der Waals surface area (Å²) in [6, 6.07) is 8.17. The number of aromatic nitrogens is 2. The second-order valence-electron chi connectivity index (χ2n) is 6.03. The van der Waals surface area contributed by atoms with Gasteiger partial charge in [0.25, 0.3) is 5.56 Å². The summed E-state index contributed by atoms with van der Waals surface area (Å²) in [5, 5.41) is 0. The molecule has 0 amide bonds. The van der Waals surface area contributed by atoms with Gasteiger partial charge in [0.05, 0.1) is 6.54 Å². The van der Waals surface area contributed by atoms with Crippen molar-refractivity contribution in [2.45, 2.75) is 33.4 Å². The number of nitrogens with zero attached hydrogens (tertiary/aromatic N) is 2. The van der Waals surface area contributed by atoms with E-state index in [9.17, 15) is 14.4 Å². The van der Waals surface area contributed by atoms with Crippen LogP contribution in [0.3, 0.4) is 0 Å². The molecule has 0 spiro atoms. The Morgan fingerprint density at radius 2 is 1.76 bits per heavy atom. The lowest BCUT2D eigenvalue weighted by molar-refractivity contribution is 0.0941. The molecule has 0 saturated carbocycles. The Morgan fingerprint density at radius 3 is 2.32 bits per heavy atom. The molecule has 0 fully saturated rings. The first-order chi connectivity index (χ1) is 11.9. The van der Waals surface area contributed by atoms with Gasteiger partial charge in [-0.3, -0.25) is 24.0 Å². The number of carbonyl (C=O) groups is 1. The van der Waals surface area contributed by atoms with E-state index in [2.05, 4.69) is 24.0 Å². The maximum Gasteiger partial charge on any atom is 0.329 e. The highest BCUT2D eigenvalue weighted by Gasteiger charge is 2.20. The van der Waals surface area contributed by atoms with Crippen molar-refractivity contribution in [3.8, 4) is 0 Å². The largest absolute Gasteiger partial charge is 0.384 e. The summed E-state index contributed by atoms with van der Waals surface area (Å²) in [7, 11) is 1.80. The zero-order chi connectivity index (χ0) is 18.6. The summed E-state index contributed by atoms with van der Waals surface area (Å²) in [4.78, 5) is 40.1. The normalized spacial score (nSPS) is 11.0. The number of nitrogen functional groups attached to an aromatic ring is 1. The molecule has 25 heavy (non-hydrogen) atoms. The number of carbonyl (C=O) groups excluding carboxylic acids is 1. The number of hydrogen-bond acceptors (Lipinski definition) is 5. The number of ketones is 1. The second-order valence-corrected chi connectivity index (χ2v) is 6.03. The van der Waals surface area contributed by atoms with Gasteiger partial charge in [0.2, 0.25) is 0 Å². The van der Waals surface area contributed by atoms with E-state index in [0.717, 1.165) is 12.0 Å². The molecule has 0 aliphatic carbocycles. The predicted molar refractivity (Wildman–Crippen MR) is 97.9 cm³/mol. The van der Waals surface area contributed by atoms with Crippen molar-refractivity contribution in [1.82, 2.24) is 14.5 Å². The highest BCUT2D eigenvalue weighted by molar-refractivity contribution is 6.01. The summed E-state index contributed by atoms with van der Waals surface area (Å²) in [5.41, 5.74) is 6.69. The van der Waals surface area contributed by atoms with Crippen LogP contribution in [0.5, 0.6) is 0 Å². The van der Waals surface area contributed by atoms with Crippen LogP contribution in [-0.4, -0.2) is 33.8 Å². The van der Waals surface area contributed by atoms with Gasteiger partial charge in [-0.05, 0) is 31.5 Å². The first-order valence-electron chi connectivity index (χ1n) is 8.29. The molecule has 0 atom stereocenters. The first kappa shape index (κ1) is 18.7. The minimum atomic E-state index is -0.738. The lowest BCUT2D eigenvalue weighted by Crippen LogP contribution is -2.38. The molecule has 2 aromatic rings. The Kier molecular flexibility index (Phi) is 5.93. The number of H-pyrrole nitrogens is 1. The zero-order valence-corrected chi connectivity index (χ0v) is 14.8. The zero-order valence-electron chi connectivity index (χ0n) is 14.8. The van der Waals surface area contributed by atoms with E-state index in [1.807, 2.05) is 17.0 Å². The van der Waals surface area contributed by atoms with E-state index in [0.29, 0.717) is 6.54 Å². The number of benzene rings is 1. The minimum Gasteiger partial charge on any atom is -0.384 e. The van der Waals surface area contributed by atoms with Crippen molar-refractivity contribution in [2.75, 3.05) is 19.3 Å². The van der Waals surface area contributed by atoms with Crippen LogP contribution in [0.15, 0.2) is 33.9 Å². The molecule has 0 bridgehead atoms. The molecule has 7 heteroatoms. The van der Waals surface area contributed by atoms with Crippen molar-refractivity contribution in [1.29, 1.82) is 0 Å². The fourth-order valence-electron chi connectivity index (χ4n) is 2.74. The molecule has 0 unspecified atom stereocenters. The highest BCUT2D eigenvalue weighted by atomic mass is 16.2. The maximum atomic E-state index is 12.5. The number of nitrogens with two attached hydrogens (primary N) is 1. The summed E-state index contributed by atoms with van der Waals surface area (Å²) in [5.74, 6) is -0.490. The number of likely N-dealkylation sites (N-methyl/N-ethyl adjacent to an activating group) is 1. The fourth-order valence-corrected chi connectivity index (χ4v) is 2.74. The molecule has 3 N–H and O–H groups in total. The van der Waals surface area contributed by atoms with Crippen LogP contribution in [0, 0.1) is 0 Å². The molecule has 1 heterocycles. The van der Waals surface area contributed by atoms with Gasteiger partial charge in [0.15, 0.2) is 5.78 Å². The van der Waals surface area contributed by atoms with E-state index in [-0.39, 0.29) is 24.5 Å². The standard InChI is InChI=1S/C18H24N4O3/c1-4-12-6-8-13(9-7-12)10-21(3)11-14(23)15-16(19)22(5-2)18(25)20-17(15)24/h6-9H,4-5,10-11,19H2,1-3H3,(H,20,24,25). The van der Waals surface area contributed by atoms with Crippen LogP contribution in [0.4, 0.5) is 5.82 Å². The Hall–Kier alpha value is -2.67. The second kappa shape index (κ2) is 7.94. The number of anilines is 1. The fraction of sp³-hybridized carbons (Fsp3) is 0.389. The molecule has 0 saturated heterocycles. The predicted octanol–water partition coefficient (Wildman–Crippen LogP) is 1.02. The Balaban J connectivity index is 2.16. The Morgan fingerprint density at radius 1 is 1.16 bits per heavy atom. The molecule has 0 radical (unpaired) electrons. The number of rotatable bonds is 7. The Bertz CT molecular complexity index is 865. The van der Waals surface area contributed by atoms with E-state index in [1.54, 1.807) is 14.0 Å². The SMILES string of the molecule is CCc1ccc(CN(C)CC(=O)c2c(N)n(CC)c(=O)[nH]c2=O)cc1. The molecule has 134 valence electrons. The van der Waals surface area contributed by atoms with Crippen molar-refractivity contribution in [3.63, 3.8) is 0 Å². The lowest BCUT2D eigenvalue weighted by Gasteiger charge is -2.17. The smallest absolute Gasteiger partial charge is 0.329 e. The average molecular weight is 344 g/mol. The van der Waals surface area contributed by atoms with Gasteiger partial charge < -0.3 is 5.73 Å². The molecule has 1 aromatic heterocycles. The molecular weight excluding hydrogens is 320 g/mol. The third-order valence-corrected chi connectivity index (χ3v) is 4.13. The third-order valence-electron chi connectivity index (χ3n) is 4.13. The van der Waals surface area contributed by atoms with Crippen LogP contribution in [0.1, 0.15) is 35.3 Å². The first-order valence-corrected chi connectivity index (χ1v) is 8.29. The number of nitrogens with one attached hydrogen (secondary N) is 1. The summed E-state index contributed by atoms with van der Waals surface area (Å²) < 4.78 is 1.18. The number of hydrogen-bond donors (Lipinski definition) is 2. The van der Waals surface area contributed by atoms with Gasteiger partial charge in [-0.25, -0.2) is 4.79 Å². The van der Waals surface area contributed by atoms with Gasteiger partial charge in [0, 0.05) is 13.1 Å². The quantitative estimate of drug-likeness (QED) is 0.730. The summed E-state index contributed by atoms with van der Waals surface area (Å²) in [6.45, 7) is 4.70. The van der Waals surface area contributed by atoms with Gasteiger partial charge in [-0.15, -0.1) is 0 Å². The number of aryl methyl sites for hydroxylation is 1. The topological polar surface area (TPSA) is 101 Å². The van der Waals surface area contributed by atoms with Crippen LogP contribution in [0.25, 0.3) is 0 Å². The minimum absolute atomic E-state index is 0.0325. The van der Waals surface area contributed by atoms with Crippen LogP contribution in [0.2, 0.25) is 0 Å². The average Bonchev–Trinajstić information content (AvgIpc) is 2.55. The van der Waals surface area contributed by atoms with Gasteiger partial charge in [-0.1, -0.05) is 31.2 Å². The molecule has 1 aromatic carbocycles. The molecule has 2 rings (SSSR count). The highest BCUT2D eigenvalue weighted by Crippen LogP contribution is 2.09. The van der Waals surface area contributed by atoms with Gasteiger partial charge in [-0.2, -0.15) is 0 Å². The van der Waals surface area contributed by atoms with E-state index < -0.39 is 17.0 Å². The lowest BCUT2D eigenvalue weighted by atomic mass is 10.1. The molecular formula is C18H24N4O3.